The molecule has 0 atom stereocenters. The van der Waals surface area contributed by atoms with Gasteiger partial charge in [0, 0.05) is 23.6 Å². The van der Waals surface area contributed by atoms with Crippen molar-refractivity contribution in [3.63, 3.8) is 0 Å². The second-order valence-electron chi connectivity index (χ2n) is 13.6. The molecule has 4 aromatic rings. The Morgan fingerprint density at radius 1 is 0.538 bits per heavy atom. The smallest absolute Gasteiger partial charge is 0.127 e. The number of aliphatic imine (C=N–C) groups is 2. The number of hydrogen-bond acceptors (Lipinski definition) is 6. The van der Waals surface area contributed by atoms with Crippen LogP contribution in [0.15, 0.2) is 107 Å². The van der Waals surface area contributed by atoms with Crippen molar-refractivity contribution in [2.24, 2.45) is 9.98 Å². The first-order chi connectivity index (χ1) is 25.5. The topological polar surface area (TPSA) is 83.6 Å². The molecule has 276 valence electrons. The largest absolute Gasteiger partial charge is 0.507 e. The summed E-state index contributed by atoms with van der Waals surface area (Å²) in [6.45, 7) is 10.2. The first-order valence-electron chi connectivity index (χ1n) is 19.3. The first kappa shape index (κ1) is 39.9. The lowest BCUT2D eigenvalue weighted by molar-refractivity contribution is 0.304. The van der Waals surface area contributed by atoms with Gasteiger partial charge in [-0.05, 0) is 97.5 Å². The molecule has 0 saturated heterocycles. The van der Waals surface area contributed by atoms with Crippen LogP contribution in [-0.2, 0) is 12.8 Å². The van der Waals surface area contributed by atoms with Crippen molar-refractivity contribution in [1.82, 2.24) is 0 Å². The van der Waals surface area contributed by atoms with Crippen LogP contribution in [0.2, 0.25) is 0 Å². The molecule has 0 saturated carbocycles. The summed E-state index contributed by atoms with van der Waals surface area (Å²) in [7, 11) is 0. The third-order valence-electron chi connectivity index (χ3n) is 9.09. The van der Waals surface area contributed by atoms with Crippen LogP contribution in [0.25, 0.3) is 0 Å². The van der Waals surface area contributed by atoms with Crippen molar-refractivity contribution in [3.8, 4) is 23.0 Å². The summed E-state index contributed by atoms with van der Waals surface area (Å²) < 4.78 is 11.8. The Hall–Kier alpha value is -4.84. The maximum Gasteiger partial charge on any atom is 0.127 e. The number of phenols is 2. The monoisotopic (exact) mass is 702 g/mol. The summed E-state index contributed by atoms with van der Waals surface area (Å²) in [6, 6.07) is 26.7. The Bertz CT molecular complexity index is 1570. The molecule has 4 aromatic carbocycles. The van der Waals surface area contributed by atoms with E-state index in [1.165, 1.54) is 64.2 Å². The summed E-state index contributed by atoms with van der Waals surface area (Å²) >= 11 is 0. The molecule has 2 N–H and O–H groups in total. The van der Waals surface area contributed by atoms with E-state index in [0.29, 0.717) is 24.0 Å². The Kier molecular flexibility index (Phi) is 17.6. The van der Waals surface area contributed by atoms with Gasteiger partial charge in [0.2, 0.25) is 0 Å². The van der Waals surface area contributed by atoms with E-state index in [1.54, 1.807) is 12.4 Å². The summed E-state index contributed by atoms with van der Waals surface area (Å²) in [5.74, 6) is 2.04. The lowest BCUT2D eigenvalue weighted by Gasteiger charge is -2.12. The van der Waals surface area contributed by atoms with E-state index in [0.717, 1.165) is 65.6 Å². The minimum absolute atomic E-state index is 0.176. The first-order valence-corrected chi connectivity index (χ1v) is 19.3. The predicted molar refractivity (Wildman–Crippen MR) is 218 cm³/mol. The van der Waals surface area contributed by atoms with Crippen molar-refractivity contribution in [1.29, 1.82) is 0 Å². The SMILES string of the molecule is C=C(Cc1cccc(C=Nc2ccc(OCCCCCCCC)cc2)c1O)Cc1cccc(C=Nc2ccc(OCCCCCCCC)cc2)c1O. The molecule has 4 rings (SSSR count). The molecule has 0 unspecified atom stereocenters. The molecule has 6 heteroatoms. The van der Waals surface area contributed by atoms with Gasteiger partial charge in [-0.3, -0.25) is 9.98 Å². The minimum Gasteiger partial charge on any atom is -0.507 e. The van der Waals surface area contributed by atoms with Gasteiger partial charge >= 0.3 is 0 Å². The number of allylic oxidation sites excluding steroid dienone is 1. The van der Waals surface area contributed by atoms with Crippen molar-refractivity contribution < 1.29 is 19.7 Å². The highest BCUT2D eigenvalue weighted by Gasteiger charge is 2.11. The number of benzene rings is 4. The van der Waals surface area contributed by atoms with E-state index in [9.17, 15) is 10.2 Å². The van der Waals surface area contributed by atoms with Crippen LogP contribution in [0, 0.1) is 0 Å². The summed E-state index contributed by atoms with van der Waals surface area (Å²) in [4.78, 5) is 9.16. The molecule has 0 amide bonds. The predicted octanol–water partition coefficient (Wildman–Crippen LogP) is 12.4. The van der Waals surface area contributed by atoms with E-state index in [1.807, 2.05) is 84.9 Å². The Labute approximate surface area is 312 Å². The van der Waals surface area contributed by atoms with Crippen LogP contribution < -0.4 is 9.47 Å². The maximum atomic E-state index is 11.1. The molecule has 52 heavy (non-hydrogen) atoms. The minimum atomic E-state index is 0.176. The Balaban J connectivity index is 1.26. The zero-order valence-electron chi connectivity index (χ0n) is 31.4. The highest BCUT2D eigenvalue weighted by Crippen LogP contribution is 2.29. The second kappa shape index (κ2) is 22.9. The number of phenolic OH excluding ortho intramolecular Hbond substituents is 2. The number of ether oxygens (including phenoxy) is 2. The van der Waals surface area contributed by atoms with Gasteiger partial charge < -0.3 is 19.7 Å². The van der Waals surface area contributed by atoms with Crippen LogP contribution in [0.1, 0.15) is 113 Å². The lowest BCUT2D eigenvalue weighted by Crippen LogP contribution is -1.98. The number of aromatic hydroxyl groups is 2. The third kappa shape index (κ3) is 14.1. The molecule has 0 aliphatic rings. The van der Waals surface area contributed by atoms with E-state index in [2.05, 4.69) is 30.4 Å². The van der Waals surface area contributed by atoms with Crippen LogP contribution in [0.4, 0.5) is 11.4 Å². The second-order valence-corrected chi connectivity index (χ2v) is 13.6. The third-order valence-corrected chi connectivity index (χ3v) is 9.09. The molecule has 0 aliphatic carbocycles. The normalized spacial score (nSPS) is 11.4. The zero-order valence-corrected chi connectivity index (χ0v) is 31.4. The van der Waals surface area contributed by atoms with Crippen LogP contribution >= 0.6 is 0 Å². The van der Waals surface area contributed by atoms with Gasteiger partial charge in [0.15, 0.2) is 0 Å². The average Bonchev–Trinajstić information content (AvgIpc) is 3.16. The zero-order chi connectivity index (χ0) is 36.8. The standard InChI is InChI=1S/C46H58N2O4/c1-4-6-8-10-12-14-30-51-43-26-22-41(23-27-43)47-34-39-20-16-18-37(45(39)49)32-36(3)33-38-19-17-21-40(46(38)50)35-48-42-24-28-44(29-25-42)52-31-15-13-11-9-7-5-2/h16-29,34-35,49-50H,3-15,30-33H2,1-2H3. The number of para-hydroxylation sites is 2. The lowest BCUT2D eigenvalue weighted by atomic mass is 9.96. The molecular weight excluding hydrogens is 645 g/mol. The van der Waals surface area contributed by atoms with Gasteiger partial charge in [0.25, 0.3) is 0 Å². The van der Waals surface area contributed by atoms with E-state index in [-0.39, 0.29) is 11.5 Å². The molecule has 0 aromatic heterocycles. The molecule has 0 aliphatic heterocycles. The molecule has 0 heterocycles. The molecule has 0 fully saturated rings. The van der Waals surface area contributed by atoms with Gasteiger partial charge in [-0.15, -0.1) is 0 Å². The molecule has 0 spiro atoms. The number of rotatable bonds is 24. The van der Waals surface area contributed by atoms with Gasteiger partial charge in [-0.25, -0.2) is 0 Å². The fourth-order valence-electron chi connectivity index (χ4n) is 6.01. The fourth-order valence-corrected chi connectivity index (χ4v) is 6.01. The molecule has 0 radical (unpaired) electrons. The molecule has 0 bridgehead atoms. The van der Waals surface area contributed by atoms with E-state index in [4.69, 9.17) is 9.47 Å². The van der Waals surface area contributed by atoms with Crippen LogP contribution in [-0.4, -0.2) is 35.9 Å². The van der Waals surface area contributed by atoms with E-state index < -0.39 is 0 Å². The van der Waals surface area contributed by atoms with Gasteiger partial charge in [0.1, 0.15) is 23.0 Å². The molecular formula is C46H58N2O4. The summed E-state index contributed by atoms with van der Waals surface area (Å²) in [6.07, 6.45) is 19.1. The summed E-state index contributed by atoms with van der Waals surface area (Å²) in [5, 5.41) is 22.1. The average molecular weight is 703 g/mol. The molecule has 6 nitrogen and oxygen atoms in total. The number of hydrogen-bond donors (Lipinski definition) is 2. The maximum absolute atomic E-state index is 11.1. The van der Waals surface area contributed by atoms with Gasteiger partial charge in [-0.2, -0.15) is 0 Å². The van der Waals surface area contributed by atoms with Crippen molar-refractivity contribution in [3.05, 3.63) is 119 Å². The van der Waals surface area contributed by atoms with Crippen molar-refractivity contribution in [2.45, 2.75) is 104 Å². The van der Waals surface area contributed by atoms with Crippen LogP contribution in [0.5, 0.6) is 23.0 Å². The van der Waals surface area contributed by atoms with E-state index >= 15 is 0 Å². The highest BCUT2D eigenvalue weighted by atomic mass is 16.5. The highest BCUT2D eigenvalue weighted by molar-refractivity contribution is 5.87. The summed E-state index contributed by atoms with van der Waals surface area (Å²) in [5.41, 5.74) is 5.20. The van der Waals surface area contributed by atoms with Crippen LogP contribution in [0.3, 0.4) is 0 Å². The van der Waals surface area contributed by atoms with Gasteiger partial charge in [0.05, 0.1) is 24.6 Å². The number of nitrogens with zero attached hydrogens (tertiary/aromatic N) is 2. The fraction of sp³-hybridized carbons (Fsp3) is 0.391. The Morgan fingerprint density at radius 2 is 0.923 bits per heavy atom. The Morgan fingerprint density at radius 3 is 1.33 bits per heavy atom. The number of unbranched alkanes of at least 4 members (excludes halogenated alkanes) is 10. The van der Waals surface area contributed by atoms with Crippen molar-refractivity contribution >= 4 is 23.8 Å². The van der Waals surface area contributed by atoms with Crippen molar-refractivity contribution in [2.75, 3.05) is 13.2 Å². The van der Waals surface area contributed by atoms with Gasteiger partial charge in [-0.1, -0.05) is 114 Å². The quantitative estimate of drug-likeness (QED) is 0.0432.